The molecule has 1 heterocycles. The largest absolute Gasteiger partial charge is 0.412 e. The van der Waals surface area contributed by atoms with E-state index in [1.165, 1.54) is 10.8 Å². The molecule has 19 heavy (non-hydrogen) atoms. The molecule has 0 bridgehead atoms. The number of pyridine rings is 1. The Bertz CT molecular complexity index is 624. The first-order chi connectivity index (χ1) is 7.95. The predicted molar refractivity (Wildman–Crippen MR) is 73.2 cm³/mol. The van der Waals surface area contributed by atoms with Crippen LogP contribution < -0.4 is 0 Å². The van der Waals surface area contributed by atoms with Crippen LogP contribution in [-0.4, -0.2) is 15.9 Å². The minimum atomic E-state index is 0. The Morgan fingerprint density at radius 2 is 1.58 bits per heavy atom. The maximum absolute atomic E-state index is 4.45. The smallest absolute Gasteiger partial charge is 0.0167 e. The summed E-state index contributed by atoms with van der Waals surface area (Å²) in [6.45, 7) is 0. The molecule has 2 aromatic carbocycles. The van der Waals surface area contributed by atoms with Gasteiger partial charge in [-0.25, -0.2) is 0 Å². The summed E-state index contributed by atoms with van der Waals surface area (Å²) >= 11 is 0. The molecule has 0 saturated carbocycles. The third-order valence-corrected chi connectivity index (χ3v) is 2.64. The second kappa shape index (κ2) is 7.77. The molecule has 0 aliphatic heterocycles. The van der Waals surface area contributed by atoms with Gasteiger partial charge in [-0.1, -0.05) is 24.3 Å². The molecular weight excluding hydrogens is 418 g/mol. The van der Waals surface area contributed by atoms with Crippen molar-refractivity contribution in [3.63, 3.8) is 0 Å². The van der Waals surface area contributed by atoms with Crippen LogP contribution in [0, 0.1) is 6.07 Å². The van der Waals surface area contributed by atoms with Crippen LogP contribution in [0.25, 0.3) is 22.0 Å². The molecule has 101 valence electrons. The molecular formula is C15H14IrNO2-. The number of nitrogens with zero attached hydrogens (tertiary/aromatic N) is 1. The zero-order chi connectivity index (χ0) is 10.8. The fraction of sp³-hybridized carbons (Fsp3) is 0. The molecule has 3 nitrogen and oxygen atoms in total. The van der Waals surface area contributed by atoms with E-state index in [-0.39, 0.29) is 31.1 Å². The van der Waals surface area contributed by atoms with Crippen LogP contribution in [-0.2, 0) is 20.1 Å². The summed E-state index contributed by atoms with van der Waals surface area (Å²) < 4.78 is 0. The van der Waals surface area contributed by atoms with Crippen LogP contribution in [0.3, 0.4) is 0 Å². The number of hydrogen-bond donors (Lipinski definition) is 0. The number of benzene rings is 2. The van der Waals surface area contributed by atoms with Crippen LogP contribution in [0.1, 0.15) is 0 Å². The first-order valence-electron chi connectivity index (χ1n) is 5.26. The fourth-order valence-electron chi connectivity index (χ4n) is 1.87. The van der Waals surface area contributed by atoms with E-state index in [2.05, 4.69) is 23.2 Å². The molecule has 0 amide bonds. The first-order valence-corrected chi connectivity index (χ1v) is 5.26. The number of aromatic nitrogens is 1. The maximum atomic E-state index is 4.45. The van der Waals surface area contributed by atoms with Gasteiger partial charge in [0.05, 0.1) is 0 Å². The first kappa shape index (κ1) is 17.4. The van der Waals surface area contributed by atoms with E-state index >= 15 is 0 Å². The van der Waals surface area contributed by atoms with Gasteiger partial charge in [-0.3, -0.25) is 0 Å². The Hall–Kier alpha value is -1.58. The van der Waals surface area contributed by atoms with E-state index < -0.39 is 0 Å². The Kier molecular flexibility index (Phi) is 7.12. The topological polar surface area (TPSA) is 75.9 Å². The van der Waals surface area contributed by atoms with Gasteiger partial charge in [0.1, 0.15) is 0 Å². The molecule has 0 fully saturated rings. The molecule has 1 radical (unpaired) electrons. The minimum absolute atomic E-state index is 0. The van der Waals surface area contributed by atoms with E-state index in [0.29, 0.717) is 0 Å². The molecule has 0 spiro atoms. The average Bonchev–Trinajstić information content (AvgIpc) is 2.39. The van der Waals surface area contributed by atoms with Gasteiger partial charge in [0.15, 0.2) is 0 Å². The van der Waals surface area contributed by atoms with E-state index in [1.54, 1.807) is 0 Å². The summed E-state index contributed by atoms with van der Waals surface area (Å²) in [6, 6.07) is 21.4. The number of rotatable bonds is 1. The van der Waals surface area contributed by atoms with Crippen molar-refractivity contribution in [1.29, 1.82) is 0 Å². The zero-order valence-electron chi connectivity index (χ0n) is 10.1. The Morgan fingerprint density at radius 1 is 0.842 bits per heavy atom. The van der Waals surface area contributed by atoms with Crippen molar-refractivity contribution in [2.45, 2.75) is 0 Å². The normalized spacial score (nSPS) is 8.84. The second-order valence-corrected chi connectivity index (χ2v) is 3.66. The summed E-state index contributed by atoms with van der Waals surface area (Å²) in [5.74, 6) is 0. The van der Waals surface area contributed by atoms with Crippen LogP contribution in [0.2, 0.25) is 0 Å². The van der Waals surface area contributed by atoms with E-state index in [1.807, 2.05) is 48.7 Å². The predicted octanol–water partition coefficient (Wildman–Crippen LogP) is 2.05. The standard InChI is InChI=1S/C15H10N.Ir.2H2O/c1-2-7-13(8-3-1)15-14-9-5-4-6-12(14)10-11-16-15;;;/h1-7,9-11H;;2*1H2/q-1;;;. The van der Waals surface area contributed by atoms with Crippen LogP contribution in [0.15, 0.2) is 60.8 Å². The molecule has 3 rings (SSSR count). The summed E-state index contributed by atoms with van der Waals surface area (Å²) in [4.78, 5) is 4.45. The summed E-state index contributed by atoms with van der Waals surface area (Å²) in [6.07, 6.45) is 1.85. The molecule has 4 heteroatoms. The summed E-state index contributed by atoms with van der Waals surface area (Å²) in [5, 5.41) is 2.39. The second-order valence-electron chi connectivity index (χ2n) is 3.66. The van der Waals surface area contributed by atoms with Gasteiger partial charge in [0.25, 0.3) is 0 Å². The van der Waals surface area contributed by atoms with Crippen LogP contribution in [0.5, 0.6) is 0 Å². The molecule has 1 aromatic heterocycles. The van der Waals surface area contributed by atoms with Gasteiger partial charge in [-0.2, -0.15) is 0 Å². The fourth-order valence-corrected chi connectivity index (χ4v) is 1.87. The third kappa shape index (κ3) is 3.46. The van der Waals surface area contributed by atoms with Crippen molar-refractivity contribution in [3.05, 3.63) is 66.9 Å². The van der Waals surface area contributed by atoms with Crippen molar-refractivity contribution >= 4 is 10.8 Å². The van der Waals surface area contributed by atoms with Gasteiger partial charge < -0.3 is 15.9 Å². The summed E-state index contributed by atoms with van der Waals surface area (Å²) in [7, 11) is 0. The number of hydrogen-bond acceptors (Lipinski definition) is 1. The Balaban J connectivity index is 0.00000108. The van der Waals surface area contributed by atoms with Crippen molar-refractivity contribution in [2.24, 2.45) is 0 Å². The van der Waals surface area contributed by atoms with Crippen molar-refractivity contribution < 1.29 is 31.1 Å². The molecule has 0 saturated heterocycles. The average molecular weight is 432 g/mol. The monoisotopic (exact) mass is 433 g/mol. The third-order valence-electron chi connectivity index (χ3n) is 2.64. The van der Waals surface area contributed by atoms with Gasteiger partial charge >= 0.3 is 0 Å². The zero-order valence-corrected chi connectivity index (χ0v) is 12.4. The van der Waals surface area contributed by atoms with Gasteiger partial charge in [-0.15, -0.1) is 35.9 Å². The molecule has 0 aliphatic carbocycles. The van der Waals surface area contributed by atoms with Crippen molar-refractivity contribution in [3.8, 4) is 11.3 Å². The van der Waals surface area contributed by atoms with Gasteiger partial charge in [0.2, 0.25) is 0 Å². The van der Waals surface area contributed by atoms with E-state index in [9.17, 15) is 0 Å². The van der Waals surface area contributed by atoms with Crippen LogP contribution >= 0.6 is 0 Å². The van der Waals surface area contributed by atoms with Gasteiger partial charge in [0, 0.05) is 26.3 Å². The van der Waals surface area contributed by atoms with Crippen LogP contribution in [0.4, 0.5) is 0 Å². The molecule has 0 aliphatic rings. The van der Waals surface area contributed by atoms with E-state index in [4.69, 9.17) is 0 Å². The van der Waals surface area contributed by atoms with Gasteiger partial charge in [-0.05, 0) is 22.5 Å². The Morgan fingerprint density at radius 3 is 2.32 bits per heavy atom. The maximum Gasteiger partial charge on any atom is 0.0167 e. The molecule has 0 unspecified atom stereocenters. The molecule has 4 N–H and O–H groups in total. The minimum Gasteiger partial charge on any atom is -0.412 e. The van der Waals surface area contributed by atoms with Crippen molar-refractivity contribution in [1.82, 2.24) is 4.98 Å². The van der Waals surface area contributed by atoms with E-state index in [0.717, 1.165) is 11.3 Å². The summed E-state index contributed by atoms with van der Waals surface area (Å²) in [5.41, 5.74) is 2.04. The Labute approximate surface area is 125 Å². The van der Waals surface area contributed by atoms with Crippen molar-refractivity contribution in [2.75, 3.05) is 0 Å². The molecule has 3 aromatic rings. The molecule has 0 atom stereocenters. The number of fused-ring (bicyclic) bond motifs is 1. The SMILES string of the molecule is O.O.[Ir].[c-]1ccccc1-c1nccc2ccccc12. The quantitative estimate of drug-likeness (QED) is 0.543.